The van der Waals surface area contributed by atoms with Crippen LogP contribution >= 0.6 is 0 Å². The normalized spacial score (nSPS) is 37.0. The molecule has 0 saturated heterocycles. The number of allylic oxidation sites excluding steroid dienone is 4. The Hall–Kier alpha value is -2.02. The largest absolute Gasteiger partial charge is 0.456 e. The highest BCUT2D eigenvalue weighted by Crippen LogP contribution is 2.70. The number of hydrogen-bond donors (Lipinski definition) is 1. The van der Waals surface area contributed by atoms with Gasteiger partial charge in [0.2, 0.25) is 0 Å². The molecule has 0 radical (unpaired) electrons. The van der Waals surface area contributed by atoms with Gasteiger partial charge < -0.3 is 5.11 Å². The van der Waals surface area contributed by atoms with Crippen LogP contribution in [0.2, 0.25) is 0 Å². The number of aliphatic hydroxyl groups is 1. The maximum atomic E-state index is 15.1. The zero-order valence-corrected chi connectivity index (χ0v) is 21.2. The summed E-state index contributed by atoms with van der Waals surface area (Å²) in [5.41, 5.74) is 0.665. The van der Waals surface area contributed by atoms with Gasteiger partial charge in [-0.25, -0.2) is 0 Å². The third-order valence-electron chi connectivity index (χ3n) is 10.8. The van der Waals surface area contributed by atoms with E-state index >= 15 is 8.78 Å². The Morgan fingerprint density at radius 2 is 1.59 bits per heavy atom. The van der Waals surface area contributed by atoms with Crippen molar-refractivity contribution in [2.45, 2.75) is 101 Å². The Kier molecular flexibility index (Phi) is 5.30. The van der Waals surface area contributed by atoms with Gasteiger partial charge in [0.05, 0.1) is 0 Å². The van der Waals surface area contributed by atoms with Gasteiger partial charge in [0.25, 0.3) is 0 Å². The van der Waals surface area contributed by atoms with Gasteiger partial charge in [-0.1, -0.05) is 43.7 Å². The third kappa shape index (κ3) is 3.41. The highest BCUT2D eigenvalue weighted by Gasteiger charge is 2.79. The fourth-order valence-electron chi connectivity index (χ4n) is 8.31. The van der Waals surface area contributed by atoms with E-state index in [4.69, 9.17) is 0 Å². The van der Waals surface area contributed by atoms with Crippen molar-refractivity contribution in [2.75, 3.05) is 0 Å². The van der Waals surface area contributed by atoms with Crippen LogP contribution in [0.1, 0.15) is 88.7 Å². The summed E-state index contributed by atoms with van der Waals surface area (Å²) in [5, 5.41) is 11.3. The third-order valence-corrected chi connectivity index (χ3v) is 10.8. The van der Waals surface area contributed by atoms with Crippen LogP contribution in [0, 0.1) is 17.3 Å². The number of benzene rings is 1. The molecule has 0 spiro atoms. The molecule has 0 unspecified atom stereocenters. The first kappa shape index (κ1) is 25.3. The van der Waals surface area contributed by atoms with Gasteiger partial charge in [-0.2, -0.15) is 22.0 Å². The van der Waals surface area contributed by atoms with E-state index in [1.807, 2.05) is 12.1 Å². The molecule has 37 heavy (non-hydrogen) atoms. The molecule has 0 bridgehead atoms. The van der Waals surface area contributed by atoms with E-state index in [0.717, 1.165) is 35.1 Å². The van der Waals surface area contributed by atoms with Gasteiger partial charge in [0.1, 0.15) is 5.60 Å². The predicted molar refractivity (Wildman–Crippen MR) is 129 cm³/mol. The monoisotopic (exact) mass is 520 g/mol. The number of rotatable bonds is 3. The van der Waals surface area contributed by atoms with Crippen molar-refractivity contribution in [2.24, 2.45) is 17.3 Å². The van der Waals surface area contributed by atoms with Crippen molar-refractivity contribution < 1.29 is 31.9 Å². The van der Waals surface area contributed by atoms with E-state index in [-0.39, 0.29) is 35.9 Å². The summed E-state index contributed by atoms with van der Waals surface area (Å²) in [6.45, 7) is 3.66. The zero-order chi connectivity index (χ0) is 26.6. The molecule has 5 atom stereocenters. The number of carbonyl (C=O) groups excluding carboxylic acids is 1. The minimum Gasteiger partial charge on any atom is -0.383 e. The second-order valence-electron chi connectivity index (χ2n) is 12.6. The minimum absolute atomic E-state index is 0.0208. The van der Waals surface area contributed by atoms with Gasteiger partial charge in [-0.05, 0) is 97.0 Å². The van der Waals surface area contributed by atoms with Crippen LogP contribution in [0.25, 0.3) is 0 Å². The lowest BCUT2D eigenvalue weighted by molar-refractivity contribution is -0.362. The Labute approximate surface area is 214 Å². The first-order valence-electron chi connectivity index (χ1n) is 13.5. The fraction of sp³-hybridized carbons (Fsp3) is 0.633. The Bertz CT molecular complexity index is 1210. The summed E-state index contributed by atoms with van der Waals surface area (Å²) in [6, 6.07) is 8.12. The molecule has 6 rings (SSSR count). The maximum Gasteiger partial charge on any atom is 0.456 e. The van der Waals surface area contributed by atoms with Crippen LogP contribution in [-0.4, -0.2) is 28.6 Å². The highest BCUT2D eigenvalue weighted by atomic mass is 19.4. The average Bonchev–Trinajstić information content (AvgIpc) is 3.53. The molecule has 0 aromatic heterocycles. The van der Waals surface area contributed by atoms with E-state index in [0.29, 0.717) is 25.7 Å². The van der Waals surface area contributed by atoms with Gasteiger partial charge in [-0.3, -0.25) is 4.79 Å². The van der Waals surface area contributed by atoms with Crippen molar-refractivity contribution >= 4 is 5.78 Å². The topological polar surface area (TPSA) is 37.3 Å². The van der Waals surface area contributed by atoms with Gasteiger partial charge in [0, 0.05) is 17.8 Å². The molecule has 2 nitrogen and oxygen atoms in total. The zero-order valence-electron chi connectivity index (χ0n) is 21.2. The molecule has 3 saturated carbocycles. The molecule has 1 N–H and O–H groups in total. The molecule has 200 valence electrons. The second kappa shape index (κ2) is 7.77. The summed E-state index contributed by atoms with van der Waals surface area (Å²) in [6.07, 6.45) is -0.178. The number of halogens is 5. The summed E-state index contributed by atoms with van der Waals surface area (Å²) in [5.74, 6) is -6.18. The number of ketones is 1. The van der Waals surface area contributed by atoms with Gasteiger partial charge in [-0.15, -0.1) is 0 Å². The van der Waals surface area contributed by atoms with Crippen molar-refractivity contribution in [1.29, 1.82) is 0 Å². The number of hydrogen-bond acceptors (Lipinski definition) is 2. The molecule has 1 aromatic rings. The lowest BCUT2D eigenvalue weighted by Crippen LogP contribution is -2.65. The van der Waals surface area contributed by atoms with Crippen LogP contribution in [0.4, 0.5) is 22.0 Å². The lowest BCUT2D eigenvalue weighted by Gasteiger charge is -2.56. The van der Waals surface area contributed by atoms with E-state index in [1.54, 1.807) is 6.08 Å². The molecular formula is C30H33F5O2. The molecular weight excluding hydrogens is 487 g/mol. The van der Waals surface area contributed by atoms with Crippen molar-refractivity contribution in [1.82, 2.24) is 0 Å². The first-order chi connectivity index (χ1) is 17.2. The Balaban J connectivity index is 1.50. The van der Waals surface area contributed by atoms with Crippen LogP contribution in [-0.2, 0) is 10.2 Å². The fourth-order valence-corrected chi connectivity index (χ4v) is 8.31. The molecule has 0 amide bonds. The highest BCUT2D eigenvalue weighted by molar-refractivity contribution is 5.93. The summed E-state index contributed by atoms with van der Waals surface area (Å²) in [7, 11) is 0. The molecule has 5 aliphatic rings. The van der Waals surface area contributed by atoms with E-state index in [2.05, 4.69) is 19.1 Å². The summed E-state index contributed by atoms with van der Waals surface area (Å²) < 4.78 is 71.1. The summed E-state index contributed by atoms with van der Waals surface area (Å²) >= 11 is 0. The molecule has 3 fully saturated rings. The Morgan fingerprint density at radius 1 is 0.919 bits per heavy atom. The maximum absolute atomic E-state index is 15.1. The van der Waals surface area contributed by atoms with Crippen molar-refractivity contribution in [3.8, 4) is 0 Å². The number of fused-ring (bicyclic) bond motifs is 4. The smallest absolute Gasteiger partial charge is 0.383 e. The molecule has 1 aromatic carbocycles. The van der Waals surface area contributed by atoms with E-state index < -0.39 is 35.5 Å². The lowest BCUT2D eigenvalue weighted by atomic mass is 9.50. The minimum atomic E-state index is -5.83. The molecule has 5 aliphatic carbocycles. The molecule has 7 heteroatoms. The van der Waals surface area contributed by atoms with E-state index in [1.165, 1.54) is 12.5 Å². The van der Waals surface area contributed by atoms with Crippen LogP contribution in [0.15, 0.2) is 47.1 Å². The SMILES string of the molecule is CC1(c2ccc([C@H]3C[C@@]4(C)[C@@H](CC[C@@]4(O)C(F)(F)C(F)(F)F)[C@@H]4CCC5=CC(=O)CCC5=C43)cc2)CC1. The quantitative estimate of drug-likeness (QED) is 0.418. The number of alkyl halides is 5. The molecule has 0 heterocycles. The van der Waals surface area contributed by atoms with Crippen LogP contribution in [0.5, 0.6) is 0 Å². The predicted octanol–water partition coefficient (Wildman–Crippen LogP) is 7.57. The van der Waals surface area contributed by atoms with E-state index in [9.17, 15) is 23.1 Å². The molecule has 0 aliphatic heterocycles. The van der Waals surface area contributed by atoms with Crippen LogP contribution < -0.4 is 0 Å². The van der Waals surface area contributed by atoms with Gasteiger partial charge >= 0.3 is 12.1 Å². The summed E-state index contributed by atoms with van der Waals surface area (Å²) in [4.78, 5) is 12.2. The number of carbonyl (C=O) groups is 1. The van der Waals surface area contributed by atoms with Gasteiger partial charge in [0.15, 0.2) is 5.78 Å². The van der Waals surface area contributed by atoms with Crippen molar-refractivity contribution in [3.63, 3.8) is 0 Å². The second-order valence-corrected chi connectivity index (χ2v) is 12.6. The standard InChI is InChI=1S/C30H33F5O2/c1-26(13-14-26)19-6-3-17(4-7-19)23-16-27(2)24(11-12-28(27,37)29(31,32)30(33,34)35)22-9-5-18-15-20(36)8-10-21(18)25(22)23/h3-4,6-7,15,22-24,37H,5,8-14,16H2,1-2H3/t22-,23+,24-,27-,28-/m0/s1. The average molecular weight is 521 g/mol. The Morgan fingerprint density at radius 3 is 2.22 bits per heavy atom. The first-order valence-corrected chi connectivity index (χ1v) is 13.5. The van der Waals surface area contributed by atoms with Crippen molar-refractivity contribution in [3.05, 3.63) is 58.2 Å². The van der Waals surface area contributed by atoms with Crippen LogP contribution in [0.3, 0.4) is 0 Å².